The van der Waals surface area contributed by atoms with Crippen LogP contribution in [0.15, 0.2) is 30.6 Å². The molecule has 0 radical (unpaired) electrons. The maximum atomic E-state index is 12.2. The highest BCUT2D eigenvalue weighted by molar-refractivity contribution is 6.00. The molecule has 1 aliphatic heterocycles. The lowest BCUT2D eigenvalue weighted by Crippen LogP contribution is -2.20. The number of aromatic nitrogens is 2. The summed E-state index contributed by atoms with van der Waals surface area (Å²) in [6.07, 6.45) is 3.88. The van der Waals surface area contributed by atoms with Crippen LogP contribution in [0.1, 0.15) is 40.9 Å². The van der Waals surface area contributed by atoms with Gasteiger partial charge in [0.15, 0.2) is 5.78 Å². The Morgan fingerprint density at radius 3 is 3.05 bits per heavy atom. The topological polar surface area (TPSA) is 44.1 Å². The van der Waals surface area contributed by atoms with E-state index >= 15 is 0 Å². The van der Waals surface area contributed by atoms with Crippen LogP contribution in [-0.4, -0.2) is 15.6 Å². The number of fused-ring (bicyclic) bond motifs is 1. The molecular weight excluding hydrogens is 240 g/mol. The van der Waals surface area contributed by atoms with E-state index in [0.717, 1.165) is 17.7 Å². The first-order valence-corrected chi connectivity index (χ1v) is 6.50. The second-order valence-electron chi connectivity index (χ2n) is 4.86. The number of hydrogen-bond donors (Lipinski definition) is 0. The number of carbonyl (C=O) groups is 1. The lowest BCUT2D eigenvalue weighted by Gasteiger charge is -2.24. The Morgan fingerprint density at radius 1 is 1.47 bits per heavy atom. The zero-order valence-corrected chi connectivity index (χ0v) is 11.1. The van der Waals surface area contributed by atoms with Crippen molar-refractivity contribution in [1.82, 2.24) is 9.78 Å². The molecule has 1 aliphatic rings. The summed E-state index contributed by atoms with van der Waals surface area (Å²) in [7, 11) is 0. The van der Waals surface area contributed by atoms with E-state index in [-0.39, 0.29) is 11.9 Å². The van der Waals surface area contributed by atoms with Gasteiger partial charge in [0.1, 0.15) is 11.9 Å². The fourth-order valence-corrected chi connectivity index (χ4v) is 2.34. The van der Waals surface area contributed by atoms with Gasteiger partial charge in [-0.3, -0.25) is 9.48 Å². The van der Waals surface area contributed by atoms with Crippen molar-refractivity contribution in [1.29, 1.82) is 0 Å². The number of Topliss-reactive ketones (excluding diaryl/α,β-unsaturated/α-hetero) is 1. The quantitative estimate of drug-likeness (QED) is 0.829. The van der Waals surface area contributed by atoms with Gasteiger partial charge in [-0.25, -0.2) is 0 Å². The maximum absolute atomic E-state index is 12.2. The Hall–Kier alpha value is -2.10. The molecule has 0 spiro atoms. The maximum Gasteiger partial charge on any atom is 0.170 e. The molecule has 1 aromatic heterocycles. The largest absolute Gasteiger partial charge is 0.484 e. The lowest BCUT2D eigenvalue weighted by atomic mass is 9.97. The average molecular weight is 256 g/mol. The van der Waals surface area contributed by atoms with E-state index in [1.165, 1.54) is 0 Å². The molecule has 0 fully saturated rings. The molecule has 0 aliphatic carbocycles. The van der Waals surface area contributed by atoms with Crippen LogP contribution >= 0.6 is 0 Å². The van der Waals surface area contributed by atoms with Gasteiger partial charge in [0.2, 0.25) is 0 Å². The molecule has 1 aromatic carbocycles. The molecule has 1 atom stereocenters. The highest BCUT2D eigenvalue weighted by atomic mass is 16.5. The molecule has 0 amide bonds. The van der Waals surface area contributed by atoms with Crippen LogP contribution < -0.4 is 4.74 Å². The summed E-state index contributed by atoms with van der Waals surface area (Å²) >= 11 is 0. The van der Waals surface area contributed by atoms with Crippen molar-refractivity contribution in [2.75, 3.05) is 0 Å². The molecule has 0 saturated carbocycles. The first-order valence-electron chi connectivity index (χ1n) is 6.50. The number of ether oxygens (including phenoxy) is 1. The summed E-state index contributed by atoms with van der Waals surface area (Å²) in [5.74, 6) is 0.815. The van der Waals surface area contributed by atoms with E-state index in [4.69, 9.17) is 4.74 Å². The Bertz CT molecular complexity index is 631. The van der Waals surface area contributed by atoms with E-state index in [1.807, 2.05) is 42.9 Å². The minimum atomic E-state index is -0.219. The van der Waals surface area contributed by atoms with Crippen molar-refractivity contribution in [3.05, 3.63) is 47.3 Å². The summed E-state index contributed by atoms with van der Waals surface area (Å²) < 4.78 is 7.77. The highest BCUT2D eigenvalue weighted by Gasteiger charge is 2.28. The van der Waals surface area contributed by atoms with E-state index in [2.05, 4.69) is 5.10 Å². The van der Waals surface area contributed by atoms with Crippen molar-refractivity contribution in [3.63, 3.8) is 0 Å². The SMILES string of the molecule is CCn1cc(C2CC(=O)c3cc(C)ccc3O2)cn1. The normalized spacial score (nSPS) is 18.0. The zero-order valence-electron chi connectivity index (χ0n) is 11.1. The second kappa shape index (κ2) is 4.53. The van der Waals surface area contributed by atoms with Gasteiger partial charge in [-0.05, 0) is 26.0 Å². The Labute approximate surface area is 112 Å². The minimum Gasteiger partial charge on any atom is -0.484 e. The molecule has 3 rings (SSSR count). The third-order valence-corrected chi connectivity index (χ3v) is 3.42. The molecule has 4 heteroatoms. The molecule has 19 heavy (non-hydrogen) atoms. The first-order chi connectivity index (χ1) is 9.17. The molecule has 2 aromatic rings. The van der Waals surface area contributed by atoms with Gasteiger partial charge in [-0.15, -0.1) is 0 Å². The smallest absolute Gasteiger partial charge is 0.170 e. The zero-order chi connectivity index (χ0) is 13.4. The van der Waals surface area contributed by atoms with Gasteiger partial charge < -0.3 is 4.74 Å². The van der Waals surface area contributed by atoms with Crippen LogP contribution in [0, 0.1) is 6.92 Å². The molecular formula is C15H16N2O2. The van der Waals surface area contributed by atoms with Crippen LogP contribution in [0.4, 0.5) is 0 Å². The van der Waals surface area contributed by atoms with Crippen LogP contribution in [-0.2, 0) is 6.54 Å². The summed E-state index contributed by atoms with van der Waals surface area (Å²) in [5, 5.41) is 4.23. The van der Waals surface area contributed by atoms with E-state index in [9.17, 15) is 4.79 Å². The summed E-state index contributed by atoms with van der Waals surface area (Å²) in [6, 6.07) is 5.73. The molecule has 2 heterocycles. The standard InChI is InChI=1S/C15H16N2O2/c1-3-17-9-11(8-16-17)15-7-13(18)12-6-10(2)4-5-14(12)19-15/h4-6,8-9,15H,3,7H2,1-2H3. The number of carbonyl (C=O) groups excluding carboxylic acids is 1. The fraction of sp³-hybridized carbons (Fsp3) is 0.333. The molecule has 0 N–H and O–H groups in total. The monoisotopic (exact) mass is 256 g/mol. The molecule has 0 saturated heterocycles. The Morgan fingerprint density at radius 2 is 2.32 bits per heavy atom. The summed E-state index contributed by atoms with van der Waals surface area (Å²) in [5.41, 5.74) is 2.73. The molecule has 98 valence electrons. The van der Waals surface area contributed by atoms with Crippen molar-refractivity contribution < 1.29 is 9.53 Å². The van der Waals surface area contributed by atoms with E-state index < -0.39 is 0 Å². The van der Waals surface area contributed by atoms with Crippen molar-refractivity contribution in [2.24, 2.45) is 0 Å². The molecule has 4 nitrogen and oxygen atoms in total. The van der Waals surface area contributed by atoms with Gasteiger partial charge in [-0.2, -0.15) is 5.10 Å². The predicted octanol–water partition coefficient (Wildman–Crippen LogP) is 2.92. The third kappa shape index (κ3) is 2.14. The minimum absolute atomic E-state index is 0.138. The number of rotatable bonds is 2. The third-order valence-electron chi connectivity index (χ3n) is 3.42. The predicted molar refractivity (Wildman–Crippen MR) is 71.4 cm³/mol. The van der Waals surface area contributed by atoms with Gasteiger partial charge in [0.05, 0.1) is 18.2 Å². The summed E-state index contributed by atoms with van der Waals surface area (Å²) in [6.45, 7) is 4.82. The van der Waals surface area contributed by atoms with Crippen molar-refractivity contribution >= 4 is 5.78 Å². The highest BCUT2D eigenvalue weighted by Crippen LogP contribution is 2.35. The van der Waals surface area contributed by atoms with Crippen LogP contribution in [0.2, 0.25) is 0 Å². The molecule has 0 bridgehead atoms. The van der Waals surface area contributed by atoms with E-state index in [0.29, 0.717) is 17.7 Å². The number of ketones is 1. The Kier molecular flexibility index (Phi) is 2.85. The number of aryl methyl sites for hydroxylation is 2. The van der Waals surface area contributed by atoms with Crippen LogP contribution in [0.3, 0.4) is 0 Å². The average Bonchev–Trinajstić information content (AvgIpc) is 2.88. The van der Waals surface area contributed by atoms with Crippen molar-refractivity contribution in [2.45, 2.75) is 32.9 Å². The van der Waals surface area contributed by atoms with E-state index in [1.54, 1.807) is 6.20 Å². The lowest BCUT2D eigenvalue weighted by molar-refractivity contribution is 0.0850. The first kappa shape index (κ1) is 12.0. The molecule has 1 unspecified atom stereocenters. The van der Waals surface area contributed by atoms with Crippen molar-refractivity contribution in [3.8, 4) is 5.75 Å². The van der Waals surface area contributed by atoms with Crippen LogP contribution in [0.25, 0.3) is 0 Å². The number of benzene rings is 1. The van der Waals surface area contributed by atoms with Crippen LogP contribution in [0.5, 0.6) is 5.75 Å². The van der Waals surface area contributed by atoms with Gasteiger partial charge in [0.25, 0.3) is 0 Å². The Balaban J connectivity index is 1.92. The van der Waals surface area contributed by atoms with Gasteiger partial charge >= 0.3 is 0 Å². The summed E-state index contributed by atoms with van der Waals surface area (Å²) in [4.78, 5) is 12.2. The number of hydrogen-bond acceptors (Lipinski definition) is 3. The van der Waals surface area contributed by atoms with Gasteiger partial charge in [0, 0.05) is 18.3 Å². The van der Waals surface area contributed by atoms with Gasteiger partial charge in [-0.1, -0.05) is 11.6 Å². The number of nitrogens with zero attached hydrogens (tertiary/aromatic N) is 2. The fourth-order valence-electron chi connectivity index (χ4n) is 2.34. The second-order valence-corrected chi connectivity index (χ2v) is 4.86.